The van der Waals surface area contributed by atoms with Gasteiger partial charge >= 0.3 is 0 Å². The lowest BCUT2D eigenvalue weighted by atomic mass is 10.1. The van der Waals surface area contributed by atoms with Crippen molar-refractivity contribution in [3.8, 4) is 0 Å². The van der Waals surface area contributed by atoms with E-state index in [2.05, 4.69) is 34.5 Å². The summed E-state index contributed by atoms with van der Waals surface area (Å²) in [5.74, 6) is 1.52. The molecule has 0 saturated carbocycles. The first-order valence-corrected chi connectivity index (χ1v) is 6.42. The van der Waals surface area contributed by atoms with E-state index >= 15 is 0 Å². The van der Waals surface area contributed by atoms with Gasteiger partial charge in [0, 0.05) is 12.8 Å². The third kappa shape index (κ3) is 1.45. The molecule has 4 nitrogen and oxygen atoms in total. The van der Waals surface area contributed by atoms with E-state index in [9.17, 15) is 0 Å². The molecule has 1 aromatic carbocycles. The van der Waals surface area contributed by atoms with E-state index in [-0.39, 0.29) is 0 Å². The van der Waals surface area contributed by atoms with Crippen LogP contribution in [0.4, 0.5) is 5.95 Å². The minimum atomic E-state index is -0.390. The fourth-order valence-electron chi connectivity index (χ4n) is 2.37. The summed E-state index contributed by atoms with van der Waals surface area (Å²) in [5.41, 5.74) is 1.66. The molecule has 0 N–H and O–H groups in total. The van der Waals surface area contributed by atoms with Crippen LogP contribution >= 0.6 is 0 Å². The second-order valence-electron chi connectivity index (χ2n) is 4.73. The van der Waals surface area contributed by atoms with Crippen molar-refractivity contribution >= 4 is 22.9 Å². The Kier molecular flexibility index (Phi) is 2.40. The molecular formula is C14H17N3O. The second-order valence-corrected chi connectivity index (χ2v) is 4.73. The maximum atomic E-state index is 6.04. The molecule has 0 saturated heterocycles. The number of imidazole rings is 1. The zero-order valence-corrected chi connectivity index (χ0v) is 11.0. The molecule has 94 valence electrons. The minimum Gasteiger partial charge on any atom is -0.454 e. The van der Waals surface area contributed by atoms with Gasteiger partial charge in [0.2, 0.25) is 5.95 Å². The van der Waals surface area contributed by atoms with Gasteiger partial charge in [-0.25, -0.2) is 4.98 Å². The van der Waals surface area contributed by atoms with Crippen molar-refractivity contribution in [3.05, 3.63) is 24.3 Å². The van der Waals surface area contributed by atoms with E-state index in [1.165, 1.54) is 0 Å². The van der Waals surface area contributed by atoms with Crippen molar-refractivity contribution in [2.24, 2.45) is 4.99 Å². The molecule has 1 aromatic heterocycles. The van der Waals surface area contributed by atoms with Crippen LogP contribution in [-0.2, 0) is 10.5 Å². The van der Waals surface area contributed by atoms with Crippen LogP contribution < -0.4 is 0 Å². The summed E-state index contributed by atoms with van der Waals surface area (Å²) in [6, 6.07) is 8.09. The molecule has 1 atom stereocenters. The molecule has 0 spiro atoms. The van der Waals surface area contributed by atoms with E-state index < -0.39 is 5.72 Å². The number of hydrogen-bond acceptors (Lipinski definition) is 3. The Balaban J connectivity index is 2.32. The van der Waals surface area contributed by atoms with Gasteiger partial charge in [0.15, 0.2) is 11.6 Å². The van der Waals surface area contributed by atoms with Crippen molar-refractivity contribution < 1.29 is 4.74 Å². The van der Waals surface area contributed by atoms with Crippen LogP contribution in [0.5, 0.6) is 0 Å². The first-order chi connectivity index (χ1) is 8.68. The number of aliphatic imine (C=N–C) groups is 1. The highest BCUT2D eigenvalue weighted by atomic mass is 16.5. The van der Waals surface area contributed by atoms with Crippen LogP contribution in [0, 0.1) is 0 Å². The molecule has 18 heavy (non-hydrogen) atoms. The van der Waals surface area contributed by atoms with Crippen LogP contribution in [0.3, 0.4) is 0 Å². The predicted octanol–water partition coefficient (Wildman–Crippen LogP) is 3.59. The topological polar surface area (TPSA) is 39.4 Å². The van der Waals surface area contributed by atoms with Gasteiger partial charge in [-0.3, -0.25) is 4.57 Å². The third-order valence-electron chi connectivity index (χ3n) is 3.54. The number of benzene rings is 1. The summed E-state index contributed by atoms with van der Waals surface area (Å²) in [4.78, 5) is 9.08. The molecule has 0 aliphatic carbocycles. The lowest BCUT2D eigenvalue weighted by Crippen LogP contribution is -2.37. The first kappa shape index (κ1) is 11.3. The fourth-order valence-corrected chi connectivity index (χ4v) is 2.37. The molecule has 1 unspecified atom stereocenters. The van der Waals surface area contributed by atoms with E-state index in [1.807, 2.05) is 25.1 Å². The van der Waals surface area contributed by atoms with Gasteiger partial charge in [-0.15, -0.1) is 0 Å². The average molecular weight is 243 g/mol. The Bertz CT molecular complexity index is 629. The smallest absolute Gasteiger partial charge is 0.236 e. The van der Waals surface area contributed by atoms with Crippen molar-refractivity contribution in [2.75, 3.05) is 0 Å². The molecule has 4 heteroatoms. The van der Waals surface area contributed by atoms with Crippen LogP contribution in [0.2, 0.25) is 0 Å². The van der Waals surface area contributed by atoms with Gasteiger partial charge < -0.3 is 4.74 Å². The number of nitrogens with zero attached hydrogens (tertiary/aromatic N) is 3. The van der Waals surface area contributed by atoms with Crippen molar-refractivity contribution in [3.63, 3.8) is 0 Å². The Labute approximate surface area is 106 Å². The largest absolute Gasteiger partial charge is 0.454 e. The van der Waals surface area contributed by atoms with Crippen LogP contribution in [0.1, 0.15) is 33.6 Å². The predicted molar refractivity (Wildman–Crippen MR) is 72.1 cm³/mol. The van der Waals surface area contributed by atoms with E-state index in [1.54, 1.807) is 0 Å². The van der Waals surface area contributed by atoms with E-state index in [0.29, 0.717) is 0 Å². The van der Waals surface area contributed by atoms with E-state index in [0.717, 1.165) is 35.7 Å². The molecule has 2 aromatic rings. The molecule has 0 bridgehead atoms. The fraction of sp³-hybridized carbons (Fsp3) is 0.429. The highest BCUT2D eigenvalue weighted by Gasteiger charge is 2.35. The molecule has 1 aliphatic heterocycles. The standard InChI is InChI=1S/C14H17N3O/c1-4-12-16-13-15-10-8-6-7-9-11(10)17(13)14(3,5-2)18-12/h6-9H,4-5H2,1-3H3. The summed E-state index contributed by atoms with van der Waals surface area (Å²) >= 11 is 0. The summed E-state index contributed by atoms with van der Waals surface area (Å²) in [5, 5.41) is 0. The van der Waals surface area contributed by atoms with Crippen molar-refractivity contribution in [1.29, 1.82) is 0 Å². The number of para-hydroxylation sites is 2. The van der Waals surface area contributed by atoms with Crippen LogP contribution in [0.15, 0.2) is 29.3 Å². The van der Waals surface area contributed by atoms with Crippen molar-refractivity contribution in [1.82, 2.24) is 9.55 Å². The Morgan fingerprint density at radius 1 is 1.28 bits per heavy atom. The Morgan fingerprint density at radius 2 is 2.06 bits per heavy atom. The molecule has 0 amide bonds. The molecular weight excluding hydrogens is 226 g/mol. The SMILES string of the molecule is CCC1=Nc2nc3ccccc3n2C(C)(CC)O1. The number of fused-ring (bicyclic) bond motifs is 3. The zero-order valence-electron chi connectivity index (χ0n) is 11.0. The minimum absolute atomic E-state index is 0.390. The maximum Gasteiger partial charge on any atom is 0.236 e. The lowest BCUT2D eigenvalue weighted by Gasteiger charge is -2.35. The Morgan fingerprint density at radius 3 is 2.78 bits per heavy atom. The number of hydrogen-bond donors (Lipinski definition) is 0. The van der Waals surface area contributed by atoms with Gasteiger partial charge in [-0.05, 0) is 19.1 Å². The molecule has 0 radical (unpaired) electrons. The van der Waals surface area contributed by atoms with Gasteiger partial charge in [0.25, 0.3) is 0 Å². The number of ether oxygens (including phenoxy) is 1. The summed E-state index contributed by atoms with van der Waals surface area (Å²) in [6.07, 6.45) is 1.66. The van der Waals surface area contributed by atoms with Gasteiger partial charge in [-0.2, -0.15) is 4.99 Å². The van der Waals surface area contributed by atoms with Gasteiger partial charge in [0.05, 0.1) is 11.0 Å². The monoisotopic (exact) mass is 243 g/mol. The summed E-state index contributed by atoms with van der Waals surface area (Å²) < 4.78 is 8.14. The molecule has 2 heterocycles. The van der Waals surface area contributed by atoms with Gasteiger partial charge in [-0.1, -0.05) is 26.0 Å². The van der Waals surface area contributed by atoms with Crippen LogP contribution in [0.25, 0.3) is 11.0 Å². The first-order valence-electron chi connectivity index (χ1n) is 6.42. The average Bonchev–Trinajstić information content (AvgIpc) is 2.77. The Hall–Kier alpha value is -1.84. The van der Waals surface area contributed by atoms with E-state index in [4.69, 9.17) is 4.74 Å². The normalized spacial score (nSPS) is 22.5. The maximum absolute atomic E-state index is 6.04. The van der Waals surface area contributed by atoms with Gasteiger partial charge in [0.1, 0.15) is 0 Å². The number of aromatic nitrogens is 2. The highest BCUT2D eigenvalue weighted by molar-refractivity contribution is 5.84. The quantitative estimate of drug-likeness (QED) is 0.808. The highest BCUT2D eigenvalue weighted by Crippen LogP contribution is 2.36. The second kappa shape index (κ2) is 3.83. The number of rotatable bonds is 2. The van der Waals surface area contributed by atoms with Crippen LogP contribution in [-0.4, -0.2) is 15.4 Å². The summed E-state index contributed by atoms with van der Waals surface area (Å²) in [7, 11) is 0. The molecule has 3 rings (SSSR count). The lowest BCUT2D eigenvalue weighted by molar-refractivity contribution is -0.00991. The molecule has 0 fully saturated rings. The molecule has 1 aliphatic rings. The third-order valence-corrected chi connectivity index (χ3v) is 3.54. The summed E-state index contributed by atoms with van der Waals surface area (Å²) in [6.45, 7) is 6.26. The zero-order chi connectivity index (χ0) is 12.8. The van der Waals surface area contributed by atoms with Crippen molar-refractivity contribution in [2.45, 2.75) is 39.3 Å².